The molecule has 7 nitrogen and oxygen atoms in total. The number of carboxylic acid groups (broad SMARTS) is 1. The van der Waals surface area contributed by atoms with Gasteiger partial charge in [0.15, 0.2) is 11.6 Å². The number of nitrogens with zero attached hydrogens (tertiary/aromatic N) is 3. The van der Waals surface area contributed by atoms with Crippen LogP contribution in [0.3, 0.4) is 0 Å². The van der Waals surface area contributed by atoms with E-state index in [2.05, 4.69) is 10.2 Å². The Labute approximate surface area is 171 Å². The van der Waals surface area contributed by atoms with Crippen molar-refractivity contribution in [2.75, 3.05) is 0 Å². The van der Waals surface area contributed by atoms with E-state index in [0.717, 1.165) is 0 Å². The van der Waals surface area contributed by atoms with Crippen molar-refractivity contribution in [2.45, 2.75) is 18.9 Å². The van der Waals surface area contributed by atoms with Crippen LogP contribution in [0.25, 0.3) is 5.69 Å². The highest BCUT2D eigenvalue weighted by atomic mass is 35.5. The van der Waals surface area contributed by atoms with E-state index in [1.54, 1.807) is 30.3 Å². The molecule has 1 heterocycles. The number of carboxylic acids is 1. The predicted molar refractivity (Wildman–Crippen MR) is 104 cm³/mol. The van der Waals surface area contributed by atoms with Crippen molar-refractivity contribution in [1.82, 2.24) is 15.0 Å². The number of nitrogens with two attached hydrogens (primary N) is 1. The maximum Gasteiger partial charge on any atom is 0.304 e. The number of hydrogen-bond donors (Lipinski definition) is 2. The zero-order valence-electron chi connectivity index (χ0n) is 14.5. The van der Waals surface area contributed by atoms with E-state index >= 15 is 0 Å². The quantitative estimate of drug-likeness (QED) is 0.597. The van der Waals surface area contributed by atoms with Crippen LogP contribution in [0.2, 0.25) is 5.02 Å². The molecule has 3 aromatic rings. The number of aromatic nitrogens is 3. The lowest BCUT2D eigenvalue weighted by Gasteiger charge is -2.08. The Balaban J connectivity index is 0.00000280. The Hall–Kier alpha value is -2.68. The van der Waals surface area contributed by atoms with E-state index in [4.69, 9.17) is 27.2 Å². The molecular formula is C18H17Cl2FN4O3. The van der Waals surface area contributed by atoms with E-state index in [0.29, 0.717) is 22.2 Å². The lowest BCUT2D eigenvalue weighted by Crippen LogP contribution is -2.26. The van der Waals surface area contributed by atoms with E-state index in [1.165, 1.54) is 23.1 Å². The van der Waals surface area contributed by atoms with Gasteiger partial charge >= 0.3 is 5.97 Å². The van der Waals surface area contributed by atoms with Crippen molar-refractivity contribution >= 4 is 30.0 Å². The molecule has 0 radical (unpaired) electrons. The molecule has 0 spiro atoms. The SMILES string of the molecule is Cl.NC(CC(=O)O)Cc1cnn(-c2ccc(Oc3ccc(Cl)cc3)c(F)c2)n1. The number of halogens is 3. The molecule has 0 aliphatic heterocycles. The Kier molecular flexibility index (Phi) is 7.33. The van der Waals surface area contributed by atoms with E-state index in [-0.39, 0.29) is 31.0 Å². The summed E-state index contributed by atoms with van der Waals surface area (Å²) in [7, 11) is 0. The van der Waals surface area contributed by atoms with Gasteiger partial charge in [-0.3, -0.25) is 4.79 Å². The third kappa shape index (κ3) is 5.66. The molecule has 0 amide bonds. The van der Waals surface area contributed by atoms with Gasteiger partial charge in [0.05, 0.1) is 24.0 Å². The molecule has 0 aliphatic carbocycles. The topological polar surface area (TPSA) is 103 Å². The lowest BCUT2D eigenvalue weighted by molar-refractivity contribution is -0.137. The van der Waals surface area contributed by atoms with Gasteiger partial charge in [-0.15, -0.1) is 12.4 Å². The molecule has 28 heavy (non-hydrogen) atoms. The first-order valence-corrected chi connectivity index (χ1v) is 8.40. The van der Waals surface area contributed by atoms with Crippen molar-refractivity contribution in [3.63, 3.8) is 0 Å². The highest BCUT2D eigenvalue weighted by molar-refractivity contribution is 6.30. The van der Waals surface area contributed by atoms with E-state index in [1.807, 2.05) is 0 Å². The van der Waals surface area contributed by atoms with E-state index in [9.17, 15) is 9.18 Å². The smallest absolute Gasteiger partial charge is 0.304 e. The molecule has 3 N–H and O–H groups in total. The van der Waals surface area contributed by atoms with Crippen LogP contribution in [0.4, 0.5) is 4.39 Å². The van der Waals surface area contributed by atoms with Gasteiger partial charge in [-0.2, -0.15) is 15.0 Å². The molecule has 148 valence electrons. The minimum Gasteiger partial charge on any atom is -0.481 e. The Morgan fingerprint density at radius 2 is 2.00 bits per heavy atom. The van der Waals surface area contributed by atoms with Gasteiger partial charge in [-0.1, -0.05) is 11.6 Å². The van der Waals surface area contributed by atoms with Crippen molar-refractivity contribution < 1.29 is 19.0 Å². The summed E-state index contributed by atoms with van der Waals surface area (Å²) in [6, 6.07) is 10.3. The number of aliphatic carboxylic acids is 1. The fourth-order valence-electron chi connectivity index (χ4n) is 2.40. The summed E-state index contributed by atoms with van der Waals surface area (Å²) in [6.07, 6.45) is 1.56. The Bertz CT molecular complexity index is 950. The summed E-state index contributed by atoms with van der Waals surface area (Å²) >= 11 is 5.81. The molecule has 1 atom stereocenters. The highest BCUT2D eigenvalue weighted by Gasteiger charge is 2.13. The Morgan fingerprint density at radius 3 is 2.64 bits per heavy atom. The summed E-state index contributed by atoms with van der Waals surface area (Å²) < 4.78 is 19.8. The summed E-state index contributed by atoms with van der Waals surface area (Å²) in [6.45, 7) is 0. The maximum absolute atomic E-state index is 14.4. The second kappa shape index (κ2) is 9.50. The zero-order chi connectivity index (χ0) is 19.4. The summed E-state index contributed by atoms with van der Waals surface area (Å²) in [5.74, 6) is -1.05. The third-order valence-electron chi connectivity index (χ3n) is 3.64. The number of hydrogen-bond acceptors (Lipinski definition) is 5. The largest absolute Gasteiger partial charge is 0.481 e. The first-order chi connectivity index (χ1) is 12.9. The lowest BCUT2D eigenvalue weighted by atomic mass is 10.1. The average Bonchev–Trinajstić information content (AvgIpc) is 3.06. The van der Waals surface area contributed by atoms with Crippen molar-refractivity contribution in [3.05, 3.63) is 65.2 Å². The summed E-state index contributed by atoms with van der Waals surface area (Å²) in [5, 5.41) is 17.6. The molecule has 1 unspecified atom stereocenters. The second-order valence-corrected chi connectivity index (χ2v) is 6.29. The zero-order valence-corrected chi connectivity index (χ0v) is 16.0. The Morgan fingerprint density at radius 1 is 1.29 bits per heavy atom. The molecule has 10 heteroatoms. The van der Waals surface area contributed by atoms with Crippen LogP contribution in [0, 0.1) is 5.82 Å². The minimum absolute atomic E-state index is 0. The van der Waals surface area contributed by atoms with Crippen LogP contribution in [0.15, 0.2) is 48.7 Å². The van der Waals surface area contributed by atoms with Crippen LogP contribution in [-0.4, -0.2) is 32.1 Å². The molecule has 0 saturated heterocycles. The average molecular weight is 427 g/mol. The van der Waals surface area contributed by atoms with Crippen molar-refractivity contribution in [3.8, 4) is 17.2 Å². The number of carbonyl (C=O) groups is 1. The van der Waals surface area contributed by atoms with Crippen molar-refractivity contribution in [1.29, 1.82) is 0 Å². The van der Waals surface area contributed by atoms with Crippen LogP contribution < -0.4 is 10.5 Å². The number of benzene rings is 2. The molecule has 0 aliphatic rings. The molecule has 1 aromatic heterocycles. The first kappa shape index (κ1) is 21.6. The van der Waals surface area contributed by atoms with Gasteiger partial charge < -0.3 is 15.6 Å². The van der Waals surface area contributed by atoms with Gasteiger partial charge in [0.2, 0.25) is 0 Å². The normalized spacial score (nSPS) is 11.5. The van der Waals surface area contributed by atoms with Crippen LogP contribution in [0.1, 0.15) is 12.1 Å². The van der Waals surface area contributed by atoms with Gasteiger partial charge in [-0.25, -0.2) is 4.39 Å². The van der Waals surface area contributed by atoms with Crippen LogP contribution in [0.5, 0.6) is 11.5 Å². The third-order valence-corrected chi connectivity index (χ3v) is 3.89. The highest BCUT2D eigenvalue weighted by Crippen LogP contribution is 2.27. The van der Waals surface area contributed by atoms with Crippen molar-refractivity contribution in [2.24, 2.45) is 5.73 Å². The van der Waals surface area contributed by atoms with Crippen LogP contribution in [-0.2, 0) is 11.2 Å². The number of ether oxygens (including phenoxy) is 1. The van der Waals surface area contributed by atoms with Crippen LogP contribution >= 0.6 is 24.0 Å². The summed E-state index contributed by atoms with van der Waals surface area (Å²) in [5.41, 5.74) is 6.65. The second-order valence-electron chi connectivity index (χ2n) is 5.86. The molecular weight excluding hydrogens is 410 g/mol. The molecule has 2 aromatic carbocycles. The van der Waals surface area contributed by atoms with E-state index < -0.39 is 17.8 Å². The van der Waals surface area contributed by atoms with Gasteiger partial charge in [0, 0.05) is 23.6 Å². The molecule has 0 fully saturated rings. The fraction of sp³-hybridized carbons (Fsp3) is 0.167. The minimum atomic E-state index is -0.978. The maximum atomic E-state index is 14.4. The standard InChI is InChI=1S/C18H16ClFN4O3.ClH/c19-11-1-4-15(5-2-11)27-17-6-3-14(9-16(17)20)24-22-10-13(23-24)7-12(21)8-18(25)26;/h1-6,9-10,12H,7-8,21H2,(H,25,26);1H. The fourth-order valence-corrected chi connectivity index (χ4v) is 2.53. The van der Waals surface area contributed by atoms with Gasteiger partial charge in [-0.05, 0) is 36.4 Å². The monoisotopic (exact) mass is 426 g/mol. The number of rotatable bonds is 7. The summed E-state index contributed by atoms with van der Waals surface area (Å²) in [4.78, 5) is 11.9. The first-order valence-electron chi connectivity index (χ1n) is 8.02. The van der Waals surface area contributed by atoms with Gasteiger partial charge in [0.1, 0.15) is 5.75 Å². The molecule has 3 rings (SSSR count). The molecule has 0 saturated carbocycles. The molecule has 0 bridgehead atoms. The predicted octanol–water partition coefficient (Wildman–Crippen LogP) is 3.62. The van der Waals surface area contributed by atoms with Gasteiger partial charge in [0.25, 0.3) is 0 Å².